The number of nitrogens with zero attached hydrogens (tertiary/aromatic N) is 1. The molecule has 1 rings (SSSR count). The van der Waals surface area contributed by atoms with Gasteiger partial charge in [-0.3, -0.25) is 4.90 Å². The highest BCUT2D eigenvalue weighted by atomic mass is 16.5. The van der Waals surface area contributed by atoms with E-state index in [1.54, 1.807) is 21.3 Å². The van der Waals surface area contributed by atoms with Gasteiger partial charge in [0.15, 0.2) is 0 Å². The van der Waals surface area contributed by atoms with Gasteiger partial charge in [0.1, 0.15) is 0 Å². The molecule has 108 valence electrons. The maximum Gasteiger partial charge on any atom is 0.0661 e. The molecule has 1 aliphatic carbocycles. The van der Waals surface area contributed by atoms with E-state index in [2.05, 4.69) is 4.90 Å². The van der Waals surface area contributed by atoms with Gasteiger partial charge in [0.2, 0.25) is 0 Å². The van der Waals surface area contributed by atoms with Crippen LogP contribution in [0, 0.1) is 5.92 Å². The largest absolute Gasteiger partial charge is 0.383 e. The maximum absolute atomic E-state index is 6.08. The Morgan fingerprint density at radius 3 is 1.94 bits per heavy atom. The molecular formula is C13H28N2O3. The van der Waals surface area contributed by atoms with Crippen molar-refractivity contribution in [3.05, 3.63) is 0 Å². The van der Waals surface area contributed by atoms with Crippen molar-refractivity contribution < 1.29 is 14.2 Å². The Labute approximate surface area is 111 Å². The lowest BCUT2D eigenvalue weighted by atomic mass is 9.91. The molecule has 1 unspecified atom stereocenters. The molecule has 2 N–H and O–H groups in total. The van der Waals surface area contributed by atoms with E-state index in [1.165, 1.54) is 12.8 Å². The van der Waals surface area contributed by atoms with E-state index < -0.39 is 0 Å². The molecule has 0 spiro atoms. The summed E-state index contributed by atoms with van der Waals surface area (Å²) in [6.07, 6.45) is 2.49. The number of hydrogen-bond acceptors (Lipinski definition) is 5. The molecule has 18 heavy (non-hydrogen) atoms. The van der Waals surface area contributed by atoms with E-state index in [9.17, 15) is 0 Å². The van der Waals surface area contributed by atoms with E-state index >= 15 is 0 Å². The standard InChI is InChI=1S/C13H28N2O3/c1-16-8-6-15(7-9-17-2)13(10-14,11-18-3)12-4-5-12/h12H,4-11,14H2,1-3H3. The quantitative estimate of drug-likeness (QED) is 0.580. The van der Waals surface area contributed by atoms with Crippen LogP contribution in [0.1, 0.15) is 12.8 Å². The lowest BCUT2D eigenvalue weighted by Crippen LogP contribution is -2.60. The van der Waals surface area contributed by atoms with Crippen LogP contribution in [-0.4, -0.2) is 71.2 Å². The predicted octanol–water partition coefficient (Wildman–Crippen LogP) is 0.335. The molecule has 1 fully saturated rings. The monoisotopic (exact) mass is 260 g/mol. The molecule has 0 aromatic heterocycles. The van der Waals surface area contributed by atoms with Crippen LogP contribution in [0.3, 0.4) is 0 Å². The van der Waals surface area contributed by atoms with Gasteiger partial charge in [-0.2, -0.15) is 0 Å². The number of rotatable bonds is 11. The Balaban J connectivity index is 2.73. The molecule has 0 bridgehead atoms. The SMILES string of the molecule is COCCN(CCOC)C(CN)(COC)C1CC1. The molecular weight excluding hydrogens is 232 g/mol. The van der Waals surface area contributed by atoms with Crippen LogP contribution in [0.4, 0.5) is 0 Å². The minimum atomic E-state index is -0.0498. The lowest BCUT2D eigenvalue weighted by molar-refractivity contribution is -0.0233. The second-order valence-electron chi connectivity index (χ2n) is 4.99. The van der Waals surface area contributed by atoms with Gasteiger partial charge in [-0.05, 0) is 18.8 Å². The second kappa shape index (κ2) is 8.07. The number of nitrogens with two attached hydrogens (primary N) is 1. The highest BCUT2D eigenvalue weighted by Crippen LogP contribution is 2.42. The molecule has 0 aromatic carbocycles. The van der Waals surface area contributed by atoms with Gasteiger partial charge < -0.3 is 19.9 Å². The third kappa shape index (κ3) is 3.90. The first-order chi connectivity index (χ1) is 8.75. The van der Waals surface area contributed by atoms with Crippen molar-refractivity contribution in [2.45, 2.75) is 18.4 Å². The second-order valence-corrected chi connectivity index (χ2v) is 4.99. The molecule has 0 heterocycles. The van der Waals surface area contributed by atoms with Crippen molar-refractivity contribution in [1.29, 1.82) is 0 Å². The molecule has 0 aliphatic heterocycles. The van der Waals surface area contributed by atoms with Gasteiger partial charge >= 0.3 is 0 Å². The molecule has 5 nitrogen and oxygen atoms in total. The molecule has 0 aromatic rings. The van der Waals surface area contributed by atoms with Crippen LogP contribution in [0.5, 0.6) is 0 Å². The van der Waals surface area contributed by atoms with E-state index in [4.69, 9.17) is 19.9 Å². The van der Waals surface area contributed by atoms with Crippen molar-refractivity contribution in [3.8, 4) is 0 Å². The first-order valence-corrected chi connectivity index (χ1v) is 6.67. The fourth-order valence-corrected chi connectivity index (χ4v) is 2.65. The Morgan fingerprint density at radius 1 is 1.06 bits per heavy atom. The molecule has 1 atom stereocenters. The van der Waals surface area contributed by atoms with Crippen LogP contribution in [-0.2, 0) is 14.2 Å². The van der Waals surface area contributed by atoms with Crippen LogP contribution >= 0.6 is 0 Å². The average Bonchev–Trinajstić information content (AvgIpc) is 3.21. The predicted molar refractivity (Wildman–Crippen MR) is 71.7 cm³/mol. The summed E-state index contributed by atoms with van der Waals surface area (Å²) in [6, 6.07) is 0. The van der Waals surface area contributed by atoms with E-state index in [0.717, 1.165) is 13.1 Å². The van der Waals surface area contributed by atoms with Gasteiger partial charge in [-0.25, -0.2) is 0 Å². The highest BCUT2D eigenvalue weighted by Gasteiger charge is 2.48. The zero-order chi connectivity index (χ0) is 13.4. The number of methoxy groups -OCH3 is 3. The van der Waals surface area contributed by atoms with E-state index in [0.29, 0.717) is 32.3 Å². The molecule has 0 amide bonds. The third-order valence-electron chi connectivity index (χ3n) is 3.85. The Hall–Kier alpha value is -0.200. The van der Waals surface area contributed by atoms with Crippen LogP contribution in [0.15, 0.2) is 0 Å². The zero-order valence-electron chi connectivity index (χ0n) is 12.0. The molecule has 1 aliphatic rings. The fourth-order valence-electron chi connectivity index (χ4n) is 2.65. The summed E-state index contributed by atoms with van der Waals surface area (Å²) in [7, 11) is 5.20. The van der Waals surface area contributed by atoms with Crippen LogP contribution in [0.2, 0.25) is 0 Å². The van der Waals surface area contributed by atoms with E-state index in [1.807, 2.05) is 0 Å². The topological polar surface area (TPSA) is 57.0 Å². The van der Waals surface area contributed by atoms with Gasteiger partial charge in [0.05, 0.1) is 25.4 Å². The Bertz CT molecular complexity index is 216. The lowest BCUT2D eigenvalue weighted by Gasteiger charge is -2.43. The van der Waals surface area contributed by atoms with Crippen molar-refractivity contribution >= 4 is 0 Å². The first kappa shape index (κ1) is 15.9. The minimum absolute atomic E-state index is 0.0498. The summed E-state index contributed by atoms with van der Waals surface area (Å²) in [5.41, 5.74) is 6.03. The minimum Gasteiger partial charge on any atom is -0.383 e. The molecule has 0 radical (unpaired) electrons. The van der Waals surface area contributed by atoms with Crippen molar-refractivity contribution in [2.75, 3.05) is 60.8 Å². The average molecular weight is 260 g/mol. The van der Waals surface area contributed by atoms with Gasteiger partial charge in [-0.15, -0.1) is 0 Å². The number of ether oxygens (including phenoxy) is 3. The summed E-state index contributed by atoms with van der Waals surface area (Å²) in [4.78, 5) is 2.39. The van der Waals surface area contributed by atoms with Gasteiger partial charge in [-0.1, -0.05) is 0 Å². The fraction of sp³-hybridized carbons (Fsp3) is 1.00. The summed E-state index contributed by atoms with van der Waals surface area (Å²) in [5.74, 6) is 0.649. The van der Waals surface area contributed by atoms with Crippen LogP contribution < -0.4 is 5.73 Å². The van der Waals surface area contributed by atoms with E-state index in [-0.39, 0.29) is 5.54 Å². The van der Waals surface area contributed by atoms with Gasteiger partial charge in [0.25, 0.3) is 0 Å². The molecule has 5 heteroatoms. The van der Waals surface area contributed by atoms with Crippen molar-refractivity contribution in [3.63, 3.8) is 0 Å². The zero-order valence-corrected chi connectivity index (χ0v) is 12.0. The normalized spacial score (nSPS) is 19.2. The Morgan fingerprint density at radius 2 is 1.61 bits per heavy atom. The molecule has 1 saturated carbocycles. The van der Waals surface area contributed by atoms with Gasteiger partial charge in [0, 0.05) is 41.0 Å². The van der Waals surface area contributed by atoms with Crippen LogP contribution in [0.25, 0.3) is 0 Å². The Kier molecular flexibility index (Phi) is 7.11. The third-order valence-corrected chi connectivity index (χ3v) is 3.85. The highest BCUT2D eigenvalue weighted by molar-refractivity contribution is 5.03. The molecule has 0 saturated heterocycles. The summed E-state index contributed by atoms with van der Waals surface area (Å²) in [5, 5.41) is 0. The number of hydrogen-bond donors (Lipinski definition) is 1. The smallest absolute Gasteiger partial charge is 0.0661 e. The van der Waals surface area contributed by atoms with Crippen molar-refractivity contribution in [1.82, 2.24) is 4.90 Å². The first-order valence-electron chi connectivity index (χ1n) is 6.67. The van der Waals surface area contributed by atoms with Crippen molar-refractivity contribution in [2.24, 2.45) is 11.7 Å². The summed E-state index contributed by atoms with van der Waals surface area (Å²) < 4.78 is 15.8. The summed E-state index contributed by atoms with van der Waals surface area (Å²) >= 11 is 0. The maximum atomic E-state index is 6.08. The summed E-state index contributed by atoms with van der Waals surface area (Å²) in [6.45, 7) is 4.47.